The third kappa shape index (κ3) is 7.25. The molecule has 1 heterocycles. The van der Waals surface area contributed by atoms with Crippen molar-refractivity contribution in [3.8, 4) is 5.75 Å². The van der Waals surface area contributed by atoms with E-state index < -0.39 is 10.0 Å². The average Bonchev–Trinajstić information content (AvgIpc) is 3.42. The van der Waals surface area contributed by atoms with Crippen LogP contribution >= 0.6 is 23.7 Å². The normalized spacial score (nSPS) is 11.6. The van der Waals surface area contributed by atoms with Crippen molar-refractivity contribution in [1.82, 2.24) is 14.2 Å². The molecule has 0 radical (unpaired) electrons. The molecule has 4 rings (SSSR count). The Labute approximate surface area is 253 Å². The molecule has 1 aromatic heterocycles. The molecule has 0 aliphatic heterocycles. The molecule has 0 aliphatic carbocycles. The Morgan fingerprint density at radius 3 is 2.22 bits per heavy atom. The van der Waals surface area contributed by atoms with E-state index >= 15 is 0 Å². The number of hydrogen-bond donors (Lipinski definition) is 0. The average molecular weight is 617 g/mol. The number of thiazole rings is 1. The Morgan fingerprint density at radius 2 is 1.61 bits per heavy atom. The summed E-state index contributed by atoms with van der Waals surface area (Å²) in [6.45, 7) is 9.32. The van der Waals surface area contributed by atoms with E-state index in [1.807, 2.05) is 49.4 Å². The summed E-state index contributed by atoms with van der Waals surface area (Å²) in [7, 11) is -0.567. The van der Waals surface area contributed by atoms with Gasteiger partial charge in [-0.25, -0.2) is 13.4 Å². The van der Waals surface area contributed by atoms with E-state index in [0.29, 0.717) is 29.5 Å². The van der Waals surface area contributed by atoms with Crippen LogP contribution in [0.15, 0.2) is 71.6 Å². The van der Waals surface area contributed by atoms with Gasteiger partial charge in [-0.15, -0.1) is 12.4 Å². The lowest BCUT2D eigenvalue weighted by atomic mass is 10.2. The molecule has 0 fully saturated rings. The number of hydrogen-bond acceptors (Lipinski definition) is 7. The molecular weight excluding hydrogens is 580 g/mol. The number of anilines is 1. The Kier molecular flexibility index (Phi) is 11.3. The molecule has 0 unspecified atom stereocenters. The van der Waals surface area contributed by atoms with Gasteiger partial charge in [-0.2, -0.15) is 4.31 Å². The van der Waals surface area contributed by atoms with Gasteiger partial charge in [0.25, 0.3) is 5.91 Å². The summed E-state index contributed by atoms with van der Waals surface area (Å²) in [5.41, 5.74) is 3.08. The van der Waals surface area contributed by atoms with Crippen molar-refractivity contribution >= 4 is 55.0 Å². The fourth-order valence-corrected chi connectivity index (χ4v) is 6.71. The van der Waals surface area contributed by atoms with Crippen LogP contribution in [0.4, 0.5) is 5.13 Å². The van der Waals surface area contributed by atoms with Gasteiger partial charge in [-0.1, -0.05) is 61.6 Å². The number of benzene rings is 3. The molecule has 0 atom stereocenters. The van der Waals surface area contributed by atoms with E-state index in [-0.39, 0.29) is 29.8 Å². The number of aryl methyl sites for hydroxylation is 1. The number of nitrogens with zero attached hydrogens (tertiary/aromatic N) is 4. The molecule has 0 bridgehead atoms. The molecule has 3 aromatic carbocycles. The summed E-state index contributed by atoms with van der Waals surface area (Å²) in [6.07, 6.45) is 0. The van der Waals surface area contributed by atoms with Crippen LogP contribution < -0.4 is 9.64 Å². The molecule has 11 heteroatoms. The summed E-state index contributed by atoms with van der Waals surface area (Å²) in [6, 6.07) is 19.5. The number of aromatic nitrogens is 1. The van der Waals surface area contributed by atoms with Gasteiger partial charge >= 0.3 is 0 Å². The van der Waals surface area contributed by atoms with Gasteiger partial charge in [-0.05, 0) is 61.5 Å². The van der Waals surface area contributed by atoms with Gasteiger partial charge in [0.2, 0.25) is 10.0 Å². The summed E-state index contributed by atoms with van der Waals surface area (Å²) < 4.78 is 34.2. The fraction of sp³-hybridized carbons (Fsp3) is 0.333. The highest BCUT2D eigenvalue weighted by molar-refractivity contribution is 7.89. The first-order valence-corrected chi connectivity index (χ1v) is 15.5. The first-order chi connectivity index (χ1) is 19.2. The van der Waals surface area contributed by atoms with Gasteiger partial charge in [0, 0.05) is 32.2 Å². The highest BCUT2D eigenvalue weighted by Gasteiger charge is 2.25. The lowest BCUT2D eigenvalue weighted by Gasteiger charge is -2.25. The first-order valence-electron chi connectivity index (χ1n) is 13.3. The molecule has 41 heavy (non-hydrogen) atoms. The van der Waals surface area contributed by atoms with Gasteiger partial charge in [0.1, 0.15) is 11.3 Å². The number of sulfonamides is 1. The van der Waals surface area contributed by atoms with Crippen molar-refractivity contribution in [3.63, 3.8) is 0 Å². The Morgan fingerprint density at radius 1 is 0.951 bits per heavy atom. The van der Waals surface area contributed by atoms with Crippen LogP contribution in [0.3, 0.4) is 0 Å². The third-order valence-corrected chi connectivity index (χ3v) is 10.0. The number of fused-ring (bicyclic) bond motifs is 1. The molecule has 4 aromatic rings. The van der Waals surface area contributed by atoms with Gasteiger partial charge in [0.05, 0.1) is 16.7 Å². The molecule has 220 valence electrons. The Hall–Kier alpha value is -3.02. The number of rotatable bonds is 12. The van der Waals surface area contributed by atoms with Crippen molar-refractivity contribution in [3.05, 3.63) is 83.4 Å². The number of halogens is 1. The SMILES string of the molecule is CCN(CC)CCN(C(=O)c1ccc(S(=O)(=O)N(C)Cc2ccccc2)cc1)c1nc2c(OC)ccc(C)c2s1.Cl. The van der Waals surface area contributed by atoms with Crippen molar-refractivity contribution in [1.29, 1.82) is 0 Å². The van der Waals surface area contributed by atoms with Gasteiger partial charge in [-0.3, -0.25) is 9.69 Å². The monoisotopic (exact) mass is 616 g/mol. The van der Waals surface area contributed by atoms with Gasteiger partial charge < -0.3 is 9.64 Å². The van der Waals surface area contributed by atoms with E-state index in [1.165, 1.54) is 27.8 Å². The zero-order valence-electron chi connectivity index (χ0n) is 24.0. The number of amides is 1. The van der Waals surface area contributed by atoms with E-state index in [1.54, 1.807) is 31.2 Å². The lowest BCUT2D eigenvalue weighted by Crippen LogP contribution is -2.38. The minimum Gasteiger partial charge on any atom is -0.494 e. The summed E-state index contributed by atoms with van der Waals surface area (Å²) in [5.74, 6) is 0.429. The minimum atomic E-state index is -3.73. The van der Waals surface area contributed by atoms with Crippen LogP contribution in [0.25, 0.3) is 10.2 Å². The second-order valence-corrected chi connectivity index (χ2v) is 12.5. The zero-order chi connectivity index (χ0) is 28.9. The van der Waals surface area contributed by atoms with E-state index in [0.717, 1.165) is 34.4 Å². The second-order valence-electron chi connectivity index (χ2n) is 9.51. The second kappa shape index (κ2) is 14.2. The lowest BCUT2D eigenvalue weighted by molar-refractivity contribution is 0.0983. The van der Waals surface area contributed by atoms with Gasteiger partial charge in [0.15, 0.2) is 5.13 Å². The number of carbonyl (C=O) groups is 1. The maximum atomic E-state index is 13.9. The van der Waals surface area contributed by atoms with Crippen LogP contribution in [0.2, 0.25) is 0 Å². The van der Waals surface area contributed by atoms with Crippen LogP contribution in [0.1, 0.15) is 35.3 Å². The van der Waals surface area contributed by atoms with Crippen LogP contribution in [-0.4, -0.2) is 68.9 Å². The maximum Gasteiger partial charge on any atom is 0.260 e. The molecule has 8 nitrogen and oxygen atoms in total. The number of carbonyl (C=O) groups excluding carboxylic acids is 1. The first kappa shape index (κ1) is 32.5. The predicted molar refractivity (Wildman–Crippen MR) is 169 cm³/mol. The van der Waals surface area contributed by atoms with E-state index in [9.17, 15) is 13.2 Å². The summed E-state index contributed by atoms with van der Waals surface area (Å²) >= 11 is 1.46. The quantitative estimate of drug-likeness (QED) is 0.199. The minimum absolute atomic E-state index is 0. The highest BCUT2D eigenvalue weighted by Crippen LogP contribution is 2.37. The number of ether oxygens (including phenoxy) is 1. The molecule has 1 amide bonds. The highest BCUT2D eigenvalue weighted by atomic mass is 35.5. The fourth-order valence-electron chi connectivity index (χ4n) is 4.47. The predicted octanol–water partition coefficient (Wildman–Crippen LogP) is 5.84. The number of methoxy groups -OCH3 is 1. The Bertz CT molecular complexity index is 1560. The molecule has 0 saturated heterocycles. The van der Waals surface area contributed by atoms with E-state index in [2.05, 4.69) is 18.7 Å². The van der Waals surface area contributed by atoms with Crippen LogP contribution in [0, 0.1) is 6.92 Å². The molecule has 0 N–H and O–H groups in total. The largest absolute Gasteiger partial charge is 0.494 e. The number of likely N-dealkylation sites (N-methyl/N-ethyl adjacent to an activating group) is 1. The van der Waals surface area contributed by atoms with Crippen molar-refractivity contribution in [2.24, 2.45) is 0 Å². The maximum absolute atomic E-state index is 13.9. The molecule has 0 aliphatic rings. The summed E-state index contributed by atoms with van der Waals surface area (Å²) in [4.78, 5) is 22.8. The summed E-state index contributed by atoms with van der Waals surface area (Å²) in [5, 5.41) is 0.582. The van der Waals surface area contributed by atoms with Crippen LogP contribution in [-0.2, 0) is 16.6 Å². The Balaban J connectivity index is 0.00000462. The van der Waals surface area contributed by atoms with E-state index in [4.69, 9.17) is 9.72 Å². The standard InChI is InChI=1S/C30H36N4O4S2.ClH/c1-6-33(7-2)19-20-34(30-31-27-26(38-5)18-13-22(3)28(27)39-30)29(35)24-14-16-25(17-15-24)40(36,37)32(4)21-23-11-9-8-10-12-23;/h8-18H,6-7,19-21H2,1-5H3;1H. The van der Waals surface area contributed by atoms with Crippen LogP contribution in [0.5, 0.6) is 5.75 Å². The molecule has 0 saturated carbocycles. The smallest absolute Gasteiger partial charge is 0.260 e. The third-order valence-electron chi connectivity index (χ3n) is 6.98. The zero-order valence-corrected chi connectivity index (χ0v) is 26.5. The van der Waals surface area contributed by atoms with Crippen molar-refractivity contribution in [2.75, 3.05) is 45.2 Å². The molecule has 0 spiro atoms. The topological polar surface area (TPSA) is 83.1 Å². The van der Waals surface area contributed by atoms with Crippen molar-refractivity contribution in [2.45, 2.75) is 32.2 Å². The van der Waals surface area contributed by atoms with Crippen molar-refractivity contribution < 1.29 is 17.9 Å². The molecular formula is C30H37ClN4O4S2.